The van der Waals surface area contributed by atoms with Gasteiger partial charge < -0.3 is 9.80 Å². The van der Waals surface area contributed by atoms with E-state index in [0.29, 0.717) is 23.3 Å². The molecule has 0 saturated carbocycles. The lowest BCUT2D eigenvalue weighted by Crippen LogP contribution is -2.46. The molecule has 0 radical (unpaired) electrons. The molecule has 0 amide bonds. The molecule has 0 spiro atoms. The van der Waals surface area contributed by atoms with Crippen LogP contribution in [0, 0.1) is 11.8 Å². The van der Waals surface area contributed by atoms with Crippen LogP contribution in [0.4, 0.5) is 4.39 Å². The molecule has 2 aliphatic heterocycles. The zero-order valence-electron chi connectivity index (χ0n) is 23.5. The molecule has 3 heteroatoms. The SMILES string of the molecule is C=C(/C=C(\C=C/C(C)CC)/C=C(/c1cccc(C2CCN(C3CCN(C)CC3)CC2)c1)C(C)C)CF. The van der Waals surface area contributed by atoms with Gasteiger partial charge in [-0.25, -0.2) is 4.39 Å². The van der Waals surface area contributed by atoms with Crippen molar-refractivity contribution < 1.29 is 4.39 Å². The van der Waals surface area contributed by atoms with Gasteiger partial charge in [0.15, 0.2) is 0 Å². The smallest absolute Gasteiger partial charge is 0.114 e. The van der Waals surface area contributed by atoms with Gasteiger partial charge in [0.25, 0.3) is 0 Å². The van der Waals surface area contributed by atoms with Crippen LogP contribution in [0.5, 0.6) is 0 Å². The van der Waals surface area contributed by atoms with Crippen LogP contribution in [0.25, 0.3) is 5.57 Å². The second-order valence-electron chi connectivity index (χ2n) is 11.4. The normalized spacial score (nSPS) is 21.0. The fraction of sp³-hybridized carbons (Fsp3) is 0.576. The van der Waals surface area contributed by atoms with Crippen LogP contribution >= 0.6 is 0 Å². The third kappa shape index (κ3) is 8.28. The molecule has 0 aromatic heterocycles. The minimum atomic E-state index is -0.517. The number of likely N-dealkylation sites (tertiary alicyclic amines) is 2. The summed E-state index contributed by atoms with van der Waals surface area (Å²) >= 11 is 0. The second kappa shape index (κ2) is 14.1. The summed E-state index contributed by atoms with van der Waals surface area (Å²) in [5.74, 6) is 1.49. The highest BCUT2D eigenvalue weighted by Crippen LogP contribution is 2.33. The highest BCUT2D eigenvalue weighted by molar-refractivity contribution is 5.71. The van der Waals surface area contributed by atoms with Crippen molar-refractivity contribution in [2.75, 3.05) is 39.9 Å². The predicted molar refractivity (Wildman–Crippen MR) is 155 cm³/mol. The van der Waals surface area contributed by atoms with Gasteiger partial charge in [0, 0.05) is 6.04 Å². The molecule has 2 heterocycles. The van der Waals surface area contributed by atoms with E-state index in [-0.39, 0.29) is 0 Å². The maximum atomic E-state index is 13.3. The second-order valence-corrected chi connectivity index (χ2v) is 11.4. The summed E-state index contributed by atoms with van der Waals surface area (Å²) in [5.41, 5.74) is 5.60. The van der Waals surface area contributed by atoms with E-state index in [1.165, 1.54) is 68.6 Å². The standard InChI is InChI=1S/C33H49FN2/c1-7-26(4)11-12-28(21-27(5)24-34)22-33(25(2)3)31-10-8-9-30(23-31)29-13-19-36(20-14-29)32-15-17-35(6)18-16-32/h8-12,21-23,25-26,29,32H,5,7,13-20,24H2,1-4,6H3/b12-11-,28-21+,33-22+. The molecule has 1 atom stereocenters. The lowest BCUT2D eigenvalue weighted by molar-refractivity contribution is 0.0966. The Morgan fingerprint density at radius 1 is 1.06 bits per heavy atom. The number of halogens is 1. The molecular weight excluding hydrogens is 443 g/mol. The predicted octanol–water partition coefficient (Wildman–Crippen LogP) is 8.05. The molecule has 3 rings (SSSR count). The first-order chi connectivity index (χ1) is 17.3. The first kappa shape index (κ1) is 28.6. The maximum Gasteiger partial charge on any atom is 0.114 e. The van der Waals surface area contributed by atoms with E-state index in [0.717, 1.165) is 18.0 Å². The van der Waals surface area contributed by atoms with E-state index >= 15 is 0 Å². The quantitative estimate of drug-likeness (QED) is 0.305. The Morgan fingerprint density at radius 2 is 1.75 bits per heavy atom. The van der Waals surface area contributed by atoms with Gasteiger partial charge in [0.05, 0.1) is 0 Å². The van der Waals surface area contributed by atoms with Crippen molar-refractivity contribution in [1.82, 2.24) is 9.80 Å². The van der Waals surface area contributed by atoms with E-state index in [2.05, 4.69) is 93.6 Å². The summed E-state index contributed by atoms with van der Waals surface area (Å²) in [5, 5.41) is 0. The molecule has 2 fully saturated rings. The van der Waals surface area contributed by atoms with Crippen molar-refractivity contribution in [1.29, 1.82) is 0 Å². The topological polar surface area (TPSA) is 6.48 Å². The van der Waals surface area contributed by atoms with Gasteiger partial charge in [-0.2, -0.15) is 0 Å². The van der Waals surface area contributed by atoms with Crippen molar-refractivity contribution in [2.45, 2.75) is 71.8 Å². The van der Waals surface area contributed by atoms with E-state index in [1.54, 1.807) is 0 Å². The molecule has 1 aromatic rings. The van der Waals surface area contributed by atoms with Crippen LogP contribution in [0.3, 0.4) is 0 Å². The van der Waals surface area contributed by atoms with E-state index in [9.17, 15) is 4.39 Å². The Kier molecular flexibility index (Phi) is 11.2. The largest absolute Gasteiger partial charge is 0.306 e. The van der Waals surface area contributed by atoms with Crippen LogP contribution in [-0.2, 0) is 0 Å². The Balaban J connectivity index is 1.77. The molecular formula is C33H49FN2. The molecule has 0 bridgehead atoms. The third-order valence-electron chi connectivity index (χ3n) is 8.17. The highest BCUT2D eigenvalue weighted by atomic mass is 19.1. The number of alkyl halides is 1. The summed E-state index contributed by atoms with van der Waals surface area (Å²) in [7, 11) is 2.24. The molecule has 2 saturated heterocycles. The van der Waals surface area contributed by atoms with Crippen LogP contribution in [0.1, 0.15) is 76.8 Å². The maximum absolute atomic E-state index is 13.3. The van der Waals surface area contributed by atoms with Crippen LogP contribution < -0.4 is 0 Å². The van der Waals surface area contributed by atoms with Crippen molar-refractivity contribution in [3.8, 4) is 0 Å². The van der Waals surface area contributed by atoms with Gasteiger partial charge in [-0.3, -0.25) is 0 Å². The zero-order valence-corrected chi connectivity index (χ0v) is 23.5. The molecule has 0 aliphatic carbocycles. The van der Waals surface area contributed by atoms with Gasteiger partial charge in [-0.15, -0.1) is 0 Å². The summed E-state index contributed by atoms with van der Waals surface area (Å²) < 4.78 is 13.3. The van der Waals surface area contributed by atoms with E-state index in [1.807, 2.05) is 6.08 Å². The number of nitrogens with zero attached hydrogens (tertiary/aromatic N) is 2. The number of hydrogen-bond donors (Lipinski definition) is 0. The Bertz CT molecular complexity index is 925. The first-order valence-corrected chi connectivity index (χ1v) is 14.2. The highest BCUT2D eigenvalue weighted by Gasteiger charge is 2.28. The van der Waals surface area contributed by atoms with Gasteiger partial charge in [-0.05, 0) is 111 Å². The fourth-order valence-corrected chi connectivity index (χ4v) is 5.52. The van der Waals surface area contributed by atoms with Gasteiger partial charge in [0.2, 0.25) is 0 Å². The minimum absolute atomic E-state index is 0.366. The molecule has 2 aliphatic rings. The summed E-state index contributed by atoms with van der Waals surface area (Å²) in [6.07, 6.45) is 14.7. The van der Waals surface area contributed by atoms with Crippen LogP contribution in [-0.4, -0.2) is 55.7 Å². The van der Waals surface area contributed by atoms with Crippen molar-refractivity contribution in [3.05, 3.63) is 77.4 Å². The monoisotopic (exact) mass is 492 g/mol. The Morgan fingerprint density at radius 3 is 2.36 bits per heavy atom. The fourth-order valence-electron chi connectivity index (χ4n) is 5.52. The van der Waals surface area contributed by atoms with Crippen LogP contribution in [0.2, 0.25) is 0 Å². The summed E-state index contributed by atoms with van der Waals surface area (Å²) in [6.45, 7) is 17.2. The molecule has 0 N–H and O–H groups in total. The summed E-state index contributed by atoms with van der Waals surface area (Å²) in [6, 6.07) is 9.98. The summed E-state index contributed by atoms with van der Waals surface area (Å²) in [4.78, 5) is 5.22. The number of piperidine rings is 2. The number of allylic oxidation sites excluding steroid dienone is 7. The van der Waals surface area contributed by atoms with Crippen molar-refractivity contribution >= 4 is 5.57 Å². The third-order valence-corrected chi connectivity index (χ3v) is 8.17. The average molecular weight is 493 g/mol. The van der Waals surface area contributed by atoms with Gasteiger partial charge in [-0.1, -0.05) is 83.2 Å². The van der Waals surface area contributed by atoms with Crippen molar-refractivity contribution in [3.63, 3.8) is 0 Å². The molecule has 1 aromatic carbocycles. The number of rotatable bonds is 10. The van der Waals surface area contributed by atoms with Crippen LogP contribution in [0.15, 0.2) is 66.3 Å². The number of hydrogen-bond acceptors (Lipinski definition) is 2. The van der Waals surface area contributed by atoms with E-state index < -0.39 is 6.67 Å². The molecule has 36 heavy (non-hydrogen) atoms. The molecule has 198 valence electrons. The lowest BCUT2D eigenvalue weighted by Gasteiger charge is -2.41. The Hall–Kier alpha value is -1.97. The molecule has 1 unspecified atom stereocenters. The first-order valence-electron chi connectivity index (χ1n) is 14.2. The zero-order chi connectivity index (χ0) is 26.1. The average Bonchev–Trinajstić information content (AvgIpc) is 2.90. The lowest BCUT2D eigenvalue weighted by atomic mass is 9.85. The Labute approximate surface area is 220 Å². The van der Waals surface area contributed by atoms with Gasteiger partial charge in [0.1, 0.15) is 6.67 Å². The van der Waals surface area contributed by atoms with Crippen molar-refractivity contribution in [2.24, 2.45) is 11.8 Å². The van der Waals surface area contributed by atoms with E-state index in [4.69, 9.17) is 0 Å². The minimum Gasteiger partial charge on any atom is -0.306 e. The number of benzene rings is 1. The van der Waals surface area contributed by atoms with Gasteiger partial charge >= 0.3 is 0 Å². The molecule has 2 nitrogen and oxygen atoms in total.